The number of hydrogen-bond acceptors (Lipinski definition) is 0. The van der Waals surface area contributed by atoms with Crippen molar-refractivity contribution >= 4 is 0 Å². The van der Waals surface area contributed by atoms with Crippen LogP contribution >= 0.6 is 0 Å². The predicted octanol–water partition coefficient (Wildman–Crippen LogP) is 5.99. The van der Waals surface area contributed by atoms with E-state index in [2.05, 4.69) is 33.1 Å². The van der Waals surface area contributed by atoms with Crippen molar-refractivity contribution in [3.63, 3.8) is 0 Å². The molecule has 0 aliphatic heterocycles. The maximum absolute atomic E-state index is 4.11. The summed E-state index contributed by atoms with van der Waals surface area (Å²) in [6.07, 6.45) is 22.7. The molecule has 20 heavy (non-hydrogen) atoms. The van der Waals surface area contributed by atoms with Crippen LogP contribution in [0.2, 0.25) is 0 Å². The zero-order valence-corrected chi connectivity index (χ0v) is 14.9. The molecule has 4 fully saturated rings. The maximum Gasteiger partial charge on any atom is 2.00 e. The molecule has 4 rings (SSSR count). The second-order valence-electron chi connectivity index (χ2n) is 7.16. The van der Waals surface area contributed by atoms with Gasteiger partial charge in [-0.25, -0.2) is 0 Å². The van der Waals surface area contributed by atoms with Crippen LogP contribution in [0, 0.1) is 43.4 Å². The summed E-state index contributed by atoms with van der Waals surface area (Å²) in [4.78, 5) is 0. The Morgan fingerprint density at radius 2 is 1.55 bits per heavy atom. The normalized spacial score (nSPS) is 37.5. The van der Waals surface area contributed by atoms with Gasteiger partial charge < -0.3 is 13.3 Å². The van der Waals surface area contributed by atoms with Crippen molar-refractivity contribution in [1.82, 2.24) is 0 Å². The van der Waals surface area contributed by atoms with Crippen molar-refractivity contribution < 1.29 is 21.7 Å². The average Bonchev–Trinajstić information content (AvgIpc) is 3.17. The molecule has 4 aliphatic rings. The Morgan fingerprint density at radius 3 is 1.75 bits per heavy atom. The molecule has 0 nitrogen and oxygen atoms in total. The SMILES string of the molecule is C1CCCC1.[CH2-]C1[CH-]C2(C)CCC1C2.[CH]1[CH]CCC1.[Ti+2]. The maximum atomic E-state index is 4.11. The van der Waals surface area contributed by atoms with Gasteiger partial charge in [0.25, 0.3) is 0 Å². The van der Waals surface area contributed by atoms with Gasteiger partial charge >= 0.3 is 21.7 Å². The summed E-state index contributed by atoms with van der Waals surface area (Å²) in [6.45, 7) is 6.48. The van der Waals surface area contributed by atoms with Crippen molar-refractivity contribution in [3.05, 3.63) is 26.2 Å². The number of rotatable bonds is 0. The van der Waals surface area contributed by atoms with Gasteiger partial charge in [-0.05, 0) is 25.7 Å². The summed E-state index contributed by atoms with van der Waals surface area (Å²) >= 11 is 0. The van der Waals surface area contributed by atoms with Gasteiger partial charge in [-0.3, -0.25) is 5.92 Å². The van der Waals surface area contributed by atoms with E-state index in [0.717, 1.165) is 5.92 Å². The van der Waals surface area contributed by atoms with Crippen LogP contribution in [0.3, 0.4) is 0 Å². The third-order valence-corrected chi connectivity index (χ3v) is 5.19. The van der Waals surface area contributed by atoms with Crippen LogP contribution in [-0.2, 0) is 21.7 Å². The molecule has 112 valence electrons. The van der Waals surface area contributed by atoms with Crippen molar-refractivity contribution in [1.29, 1.82) is 0 Å². The molecule has 0 aromatic carbocycles. The van der Waals surface area contributed by atoms with E-state index in [1.807, 2.05) is 0 Å². The minimum atomic E-state index is 0. The summed E-state index contributed by atoms with van der Waals surface area (Å²) < 4.78 is 0. The largest absolute Gasteiger partial charge is 2.00 e. The molecule has 0 saturated heterocycles. The summed E-state index contributed by atoms with van der Waals surface area (Å²) in [6, 6.07) is 0. The molecule has 1 heteroatoms. The molecule has 0 aromatic heterocycles. The average molecular weight is 308 g/mol. The van der Waals surface area contributed by atoms with Crippen molar-refractivity contribution in [2.75, 3.05) is 0 Å². The van der Waals surface area contributed by atoms with Gasteiger partial charge in [0.15, 0.2) is 0 Å². The van der Waals surface area contributed by atoms with Crippen LogP contribution in [0.4, 0.5) is 0 Å². The van der Waals surface area contributed by atoms with Crippen LogP contribution in [-0.4, -0.2) is 0 Å². The van der Waals surface area contributed by atoms with E-state index in [0.29, 0.717) is 11.3 Å². The topological polar surface area (TPSA) is 0 Å². The van der Waals surface area contributed by atoms with Gasteiger partial charge in [-0.15, -0.1) is 0 Å². The zero-order chi connectivity index (χ0) is 13.6. The molecule has 0 amide bonds. The Balaban J connectivity index is 0.000000158. The van der Waals surface area contributed by atoms with E-state index >= 15 is 0 Å². The standard InChI is InChI=1S/C9H14.C5H10.C5H8.Ti/c1-7-5-9(2)4-3-8(7)6-9;2*1-2-4-5-3-1;/h5,7-8H,1,3-4,6H2,2H3;1-5H2;1-2H,3-5H2;/q-2;;;+2. The Bertz CT molecular complexity index is 213. The van der Waals surface area contributed by atoms with Gasteiger partial charge in [-0.1, -0.05) is 70.6 Å². The first kappa shape index (κ1) is 18.8. The van der Waals surface area contributed by atoms with E-state index in [9.17, 15) is 0 Å². The van der Waals surface area contributed by atoms with E-state index < -0.39 is 0 Å². The zero-order valence-electron chi connectivity index (χ0n) is 13.4. The third kappa shape index (κ3) is 6.23. The van der Waals surface area contributed by atoms with E-state index in [4.69, 9.17) is 0 Å². The fourth-order valence-electron chi connectivity index (χ4n) is 3.96. The molecule has 3 unspecified atom stereocenters. The quantitative estimate of drug-likeness (QED) is 0.381. The second-order valence-corrected chi connectivity index (χ2v) is 7.16. The summed E-state index contributed by atoms with van der Waals surface area (Å²) in [7, 11) is 0. The summed E-state index contributed by atoms with van der Waals surface area (Å²) in [5.74, 6) is 1.61. The fraction of sp³-hybridized carbons (Fsp3) is 0.789. The van der Waals surface area contributed by atoms with Gasteiger partial charge in [0.05, 0.1) is 0 Å². The van der Waals surface area contributed by atoms with Gasteiger partial charge in [0.2, 0.25) is 0 Å². The Morgan fingerprint density at radius 1 is 1.00 bits per heavy atom. The van der Waals surface area contributed by atoms with Crippen molar-refractivity contribution in [3.8, 4) is 0 Å². The molecule has 3 atom stereocenters. The molecule has 0 spiro atoms. The molecule has 4 saturated carbocycles. The Hall–Kier alpha value is 0.714. The van der Waals surface area contributed by atoms with Crippen molar-refractivity contribution in [2.24, 2.45) is 17.3 Å². The van der Waals surface area contributed by atoms with Crippen LogP contribution in [0.5, 0.6) is 0 Å². The smallest absolute Gasteiger partial charge is 0.369 e. The van der Waals surface area contributed by atoms with Crippen LogP contribution < -0.4 is 0 Å². The minimum absolute atomic E-state index is 0. The van der Waals surface area contributed by atoms with Crippen LogP contribution in [0.25, 0.3) is 0 Å². The summed E-state index contributed by atoms with van der Waals surface area (Å²) in [5.41, 5.74) is 0.594. The molecule has 2 radical (unpaired) electrons. The number of fused-ring (bicyclic) bond motifs is 2. The molecule has 0 aromatic rings. The van der Waals surface area contributed by atoms with E-state index in [-0.39, 0.29) is 21.7 Å². The first-order valence-electron chi connectivity index (χ1n) is 8.54. The molecular weight excluding hydrogens is 276 g/mol. The second kappa shape index (κ2) is 9.67. The van der Waals surface area contributed by atoms with E-state index in [1.165, 1.54) is 70.6 Å². The fourth-order valence-corrected chi connectivity index (χ4v) is 3.96. The van der Waals surface area contributed by atoms with Crippen LogP contribution in [0.1, 0.15) is 77.6 Å². The van der Waals surface area contributed by atoms with Gasteiger partial charge in [0.1, 0.15) is 0 Å². The predicted molar refractivity (Wildman–Crippen MR) is 84.1 cm³/mol. The summed E-state index contributed by atoms with van der Waals surface area (Å²) in [5, 5.41) is 0. The Kier molecular flexibility index (Phi) is 9.08. The first-order valence-corrected chi connectivity index (χ1v) is 8.54. The van der Waals surface area contributed by atoms with Crippen molar-refractivity contribution in [2.45, 2.75) is 77.6 Å². The van der Waals surface area contributed by atoms with Gasteiger partial charge in [0, 0.05) is 0 Å². The van der Waals surface area contributed by atoms with Gasteiger partial charge in [-0.2, -0.15) is 5.41 Å². The Labute approximate surface area is 142 Å². The molecule has 0 heterocycles. The molecule has 4 aliphatic carbocycles. The number of hydrogen-bond donors (Lipinski definition) is 0. The molecular formula is C19H32Ti. The van der Waals surface area contributed by atoms with E-state index in [1.54, 1.807) is 0 Å². The minimum Gasteiger partial charge on any atom is -0.369 e. The molecule has 2 bridgehead atoms. The monoisotopic (exact) mass is 308 g/mol. The first-order chi connectivity index (χ1) is 9.20. The van der Waals surface area contributed by atoms with Crippen LogP contribution in [0.15, 0.2) is 0 Å². The molecule has 0 N–H and O–H groups in total. The third-order valence-electron chi connectivity index (χ3n) is 5.19.